The molecule has 15 nitrogen and oxygen atoms in total. The van der Waals surface area contributed by atoms with Crippen LogP contribution in [0.3, 0.4) is 0 Å². The van der Waals surface area contributed by atoms with E-state index in [1.54, 1.807) is 0 Å². The molecule has 1 fully saturated rings. The fourth-order valence-electron chi connectivity index (χ4n) is 10.0. The van der Waals surface area contributed by atoms with E-state index >= 15 is 0 Å². The van der Waals surface area contributed by atoms with Gasteiger partial charge in [0, 0.05) is 77.2 Å². The molecule has 0 spiro atoms. The molecule has 2 aromatic carbocycles. The van der Waals surface area contributed by atoms with E-state index in [1.165, 1.54) is 23.4 Å². The molecule has 72 heavy (non-hydrogen) atoms. The summed E-state index contributed by atoms with van der Waals surface area (Å²) in [5.74, 6) is -5.29. The summed E-state index contributed by atoms with van der Waals surface area (Å²) in [4.78, 5) is 44.6. The van der Waals surface area contributed by atoms with Crippen LogP contribution in [0.5, 0.6) is 0 Å². The molecule has 3 atom stereocenters. The number of thioether (sulfide) groups is 1. The van der Waals surface area contributed by atoms with Crippen LogP contribution in [0.25, 0.3) is 0 Å². The second kappa shape index (κ2) is 23.5. The van der Waals surface area contributed by atoms with Crippen molar-refractivity contribution in [2.75, 3.05) is 41.4 Å². The topological polar surface area (TPSA) is 212 Å². The van der Waals surface area contributed by atoms with Gasteiger partial charge >= 0.3 is 17.6 Å². The zero-order valence-corrected chi connectivity index (χ0v) is 43.3. The number of carboxylic acid groups (broad SMARTS) is 1. The first-order valence-corrected chi connectivity index (χ1v) is 26.7. The van der Waals surface area contributed by atoms with E-state index in [-0.39, 0.29) is 42.2 Å². The number of carboxylic acids is 1. The molecule has 3 aromatic rings. The number of hydrogen-bond donors (Lipinski definition) is 5. The van der Waals surface area contributed by atoms with Crippen LogP contribution in [0, 0.1) is 0 Å². The van der Waals surface area contributed by atoms with Gasteiger partial charge in [-0.1, -0.05) is 62.4 Å². The van der Waals surface area contributed by atoms with E-state index < -0.39 is 64.1 Å². The van der Waals surface area contributed by atoms with Gasteiger partial charge in [0.25, 0.3) is 10.1 Å². The van der Waals surface area contributed by atoms with Crippen LogP contribution < -0.4 is 28.3 Å². The largest absolute Gasteiger partial charge is 1.00 e. The lowest BCUT2D eigenvalue weighted by Crippen LogP contribution is -3.00. The first-order chi connectivity index (χ1) is 33.6. The summed E-state index contributed by atoms with van der Waals surface area (Å²) in [7, 11) is -4.10. The Morgan fingerprint density at radius 2 is 1.67 bits per heavy atom. The molecule has 0 unspecified atom stereocenters. The number of aliphatic hydroxyl groups is 2. The second-order valence-corrected chi connectivity index (χ2v) is 22.1. The summed E-state index contributed by atoms with van der Waals surface area (Å²) in [5.41, 5.74) is 6.92. The number of halogens is 3. The van der Waals surface area contributed by atoms with Gasteiger partial charge in [-0.05, 0) is 93.7 Å². The molecule has 1 saturated heterocycles. The van der Waals surface area contributed by atoms with Gasteiger partial charge < -0.3 is 42.7 Å². The number of alkyl halides is 2. The molecule has 3 aliphatic heterocycles. The van der Waals surface area contributed by atoms with E-state index in [2.05, 4.69) is 96.0 Å². The zero-order valence-electron chi connectivity index (χ0n) is 40.9. The minimum absolute atomic E-state index is 0. The Morgan fingerprint density at radius 1 is 0.944 bits per heavy atom. The number of nitrogens with zero attached hydrogens (tertiary/aromatic N) is 4. The van der Waals surface area contributed by atoms with E-state index in [4.69, 9.17) is 4.74 Å². The van der Waals surface area contributed by atoms with Crippen LogP contribution in [-0.4, -0.2) is 109 Å². The van der Waals surface area contributed by atoms with Gasteiger partial charge in [-0.25, -0.2) is 4.79 Å². The van der Waals surface area contributed by atoms with E-state index in [1.807, 2.05) is 24.3 Å². The Hall–Kier alpha value is -5.02. The molecule has 1 amide bonds. The average Bonchev–Trinajstić information content (AvgIpc) is 3.78. The molecule has 7 rings (SSSR count). The molecule has 5 N–H and O–H groups in total. The van der Waals surface area contributed by atoms with Crippen molar-refractivity contribution >= 4 is 56.7 Å². The Balaban J connectivity index is 0.00000847. The number of rotatable bonds is 21. The molecule has 0 radical (unpaired) electrons. The number of fused-ring (bicyclic) bond motifs is 2. The summed E-state index contributed by atoms with van der Waals surface area (Å²) in [6.07, 6.45) is 9.05. The van der Waals surface area contributed by atoms with Crippen molar-refractivity contribution in [1.29, 1.82) is 0 Å². The van der Waals surface area contributed by atoms with Crippen LogP contribution >= 0.6 is 11.8 Å². The Bertz CT molecular complexity index is 2840. The lowest BCUT2D eigenvalue weighted by molar-refractivity contribution is -0.438. The third kappa shape index (κ3) is 12.5. The standard InChI is InChI=1S/C52H63F2N5O10S2.ClH/c1-50(2)36-17-7-9-19-38(36)57(28-11-5-6-21-45(62)63)41(50)24-22-34-15-14-16-35(23-25-42-51(3,4)37-18-8-10-20-39(37)58(42)29-12-13-32-71(66,67)68)46(34)70-31-27-44(61)55-43-26-30-59(49(65)56-43)48-52(53,54)47(64)40(33-60)69-48;/h7-10,17-20,22-26,30,40,47-48,60,64H,5-6,11-16,21,27-29,31-33H2,1-4H3,(H2-,55,56,61,62,63,65,66,67,68);1H/t40-,47-,48-;/m1./s1. The molecule has 1 aliphatic carbocycles. The number of allylic oxidation sites excluding steroid dienone is 7. The number of carbonyl (C=O) groups is 2. The normalized spacial score (nSPS) is 22.2. The highest BCUT2D eigenvalue weighted by Crippen LogP contribution is 2.49. The van der Waals surface area contributed by atoms with Crippen molar-refractivity contribution in [3.63, 3.8) is 0 Å². The molecule has 390 valence electrons. The number of aromatic nitrogens is 2. The number of ether oxygens (including phenoxy) is 1. The third-order valence-electron chi connectivity index (χ3n) is 13.8. The highest BCUT2D eigenvalue weighted by molar-refractivity contribution is 8.03. The lowest BCUT2D eigenvalue weighted by atomic mass is 9.81. The van der Waals surface area contributed by atoms with Crippen molar-refractivity contribution < 1.29 is 68.4 Å². The first-order valence-electron chi connectivity index (χ1n) is 24.1. The van der Waals surface area contributed by atoms with Crippen molar-refractivity contribution in [3.8, 4) is 0 Å². The summed E-state index contributed by atoms with van der Waals surface area (Å²) in [6, 6.07) is 17.7. The smallest absolute Gasteiger partial charge is 0.351 e. The Labute approximate surface area is 429 Å². The zero-order chi connectivity index (χ0) is 51.3. The summed E-state index contributed by atoms with van der Waals surface area (Å²) < 4.78 is 70.1. The van der Waals surface area contributed by atoms with Crippen LogP contribution in [0.2, 0.25) is 0 Å². The Morgan fingerprint density at radius 3 is 2.36 bits per heavy atom. The van der Waals surface area contributed by atoms with Gasteiger partial charge in [0.2, 0.25) is 17.8 Å². The number of carbonyl (C=O) groups excluding carboxylic acids is 1. The summed E-state index contributed by atoms with van der Waals surface area (Å²) >= 11 is 1.53. The van der Waals surface area contributed by atoms with Gasteiger partial charge in [0.15, 0.2) is 11.8 Å². The van der Waals surface area contributed by atoms with Crippen LogP contribution in [-0.2, 0) is 35.3 Å². The highest BCUT2D eigenvalue weighted by Gasteiger charge is 2.59. The van der Waals surface area contributed by atoms with E-state index in [0.717, 1.165) is 89.2 Å². The molecule has 0 saturated carbocycles. The van der Waals surface area contributed by atoms with Crippen molar-refractivity contribution in [3.05, 3.63) is 128 Å². The summed E-state index contributed by atoms with van der Waals surface area (Å²) in [6.45, 7) is 9.11. The SMILES string of the molecule is CC1(C)C(/C=C/C2=C(SCCC(=O)Nc3ccn([C@@H]4O[C@H](CO)[C@@H](O)C4(F)F)c(=O)n3)C(=C/C=C3/N(CCCCS(=O)(=O)O)c4ccccc4C3(C)C)/CCC2)=[N+](CCCCCC(=O)O)c2ccccc21.[Cl-]. The maximum atomic E-state index is 14.8. The number of benzene rings is 2. The monoisotopic (exact) mass is 1060 g/mol. The number of aliphatic carboxylic acids is 1. The number of para-hydroxylation sites is 2. The molecule has 4 heterocycles. The number of aliphatic hydroxyl groups excluding tert-OH is 2. The van der Waals surface area contributed by atoms with Crippen LogP contribution in [0.15, 0.2) is 112 Å². The lowest BCUT2D eigenvalue weighted by Gasteiger charge is -2.27. The second-order valence-electron chi connectivity index (χ2n) is 19.4. The fourth-order valence-corrected chi connectivity index (χ4v) is 11.8. The fraction of sp³-hybridized carbons (Fsp3) is 0.481. The van der Waals surface area contributed by atoms with E-state index in [9.17, 15) is 51.5 Å². The number of anilines is 2. The predicted octanol–water partition coefficient (Wildman–Crippen LogP) is 5.19. The van der Waals surface area contributed by atoms with Gasteiger partial charge in [0.1, 0.15) is 18.5 Å². The van der Waals surface area contributed by atoms with Gasteiger partial charge in [0.05, 0.1) is 17.8 Å². The number of hydrogen-bond acceptors (Lipinski definition) is 11. The molecule has 4 aliphatic rings. The molecule has 1 aromatic heterocycles. The average molecular weight is 1060 g/mol. The van der Waals surface area contributed by atoms with Gasteiger partial charge in [-0.2, -0.15) is 26.8 Å². The van der Waals surface area contributed by atoms with Crippen molar-refractivity contribution in [2.24, 2.45) is 0 Å². The van der Waals surface area contributed by atoms with Crippen LogP contribution in [0.4, 0.5) is 26.0 Å². The number of unbranched alkanes of at least 4 members (excludes halogenated alkanes) is 3. The van der Waals surface area contributed by atoms with E-state index in [0.29, 0.717) is 36.1 Å². The maximum Gasteiger partial charge on any atom is 0.351 e. The summed E-state index contributed by atoms with van der Waals surface area (Å²) in [5, 5.41) is 31.1. The molecular formula is C52H64ClF2N5O10S2. The first kappa shape index (κ1) is 56.3. The Kier molecular flexibility index (Phi) is 18.3. The molecule has 0 bridgehead atoms. The van der Waals surface area contributed by atoms with Gasteiger partial charge in [-0.15, -0.1) is 11.8 Å². The number of nitrogens with one attached hydrogen (secondary N) is 1. The third-order valence-corrected chi connectivity index (χ3v) is 15.8. The van der Waals surface area contributed by atoms with Gasteiger partial charge in [-0.3, -0.25) is 18.7 Å². The van der Waals surface area contributed by atoms with Crippen molar-refractivity contribution in [2.45, 2.75) is 127 Å². The predicted molar refractivity (Wildman–Crippen MR) is 270 cm³/mol. The minimum Gasteiger partial charge on any atom is -1.00 e. The quantitative estimate of drug-likeness (QED) is 0.0530. The van der Waals surface area contributed by atoms with Crippen molar-refractivity contribution in [1.82, 2.24) is 9.55 Å². The minimum atomic E-state index is -4.10. The number of amides is 1. The van der Waals surface area contributed by atoms with Crippen LogP contribution in [0.1, 0.15) is 109 Å². The molecular weight excluding hydrogens is 992 g/mol. The maximum absolute atomic E-state index is 14.8. The molecule has 20 heteroatoms. The highest BCUT2D eigenvalue weighted by atomic mass is 35.5.